The van der Waals surface area contributed by atoms with Gasteiger partial charge >= 0.3 is 12.4 Å². The van der Waals surface area contributed by atoms with E-state index in [9.17, 15) is 31.1 Å². The minimum Gasteiger partial charge on any atom is -0.454 e. The van der Waals surface area contributed by atoms with Crippen molar-refractivity contribution in [3.05, 3.63) is 58.7 Å². The van der Waals surface area contributed by atoms with Crippen LogP contribution < -0.4 is 14.8 Å². The van der Waals surface area contributed by atoms with Gasteiger partial charge < -0.3 is 19.5 Å². The van der Waals surface area contributed by atoms with Gasteiger partial charge in [0.2, 0.25) is 6.79 Å². The number of hydrogen-bond donors (Lipinski definition) is 1. The van der Waals surface area contributed by atoms with Crippen molar-refractivity contribution in [2.45, 2.75) is 30.6 Å². The first-order valence-electron chi connectivity index (χ1n) is 10.0. The number of halogens is 6. The molecule has 178 valence electrons. The number of carbonyl (C=O) groups is 1. The molecule has 5 nitrogen and oxygen atoms in total. The van der Waals surface area contributed by atoms with E-state index in [-0.39, 0.29) is 19.4 Å². The van der Waals surface area contributed by atoms with Crippen molar-refractivity contribution in [2.75, 3.05) is 26.6 Å². The summed E-state index contributed by atoms with van der Waals surface area (Å²) in [4.78, 5) is 12.7. The van der Waals surface area contributed by atoms with Crippen LogP contribution in [0.3, 0.4) is 0 Å². The maximum Gasteiger partial charge on any atom is 0.416 e. The zero-order valence-corrected chi connectivity index (χ0v) is 17.1. The first-order chi connectivity index (χ1) is 15.5. The highest BCUT2D eigenvalue weighted by molar-refractivity contribution is 5.94. The molecule has 2 heterocycles. The van der Waals surface area contributed by atoms with Gasteiger partial charge in [0.05, 0.1) is 11.1 Å². The summed E-state index contributed by atoms with van der Waals surface area (Å²) in [5.74, 6) is 0.0595. The van der Waals surface area contributed by atoms with E-state index < -0.39 is 40.4 Å². The van der Waals surface area contributed by atoms with Gasteiger partial charge in [-0.3, -0.25) is 4.79 Å². The van der Waals surface area contributed by atoms with E-state index in [0.29, 0.717) is 49.7 Å². The van der Waals surface area contributed by atoms with Gasteiger partial charge in [0.15, 0.2) is 11.5 Å². The molecule has 0 aliphatic carbocycles. The highest BCUT2D eigenvalue weighted by Crippen LogP contribution is 2.41. The highest BCUT2D eigenvalue weighted by Gasteiger charge is 2.39. The van der Waals surface area contributed by atoms with Gasteiger partial charge in [0.1, 0.15) is 0 Å². The van der Waals surface area contributed by atoms with Crippen LogP contribution in [0.1, 0.15) is 39.9 Å². The molecule has 2 aromatic carbocycles. The van der Waals surface area contributed by atoms with Gasteiger partial charge in [-0.05, 0) is 48.7 Å². The number of amides is 1. The number of alkyl halides is 6. The summed E-state index contributed by atoms with van der Waals surface area (Å²) in [7, 11) is 0. The molecule has 0 radical (unpaired) electrons. The average Bonchev–Trinajstić information content (AvgIpc) is 3.24. The Labute approximate surface area is 184 Å². The topological polar surface area (TPSA) is 56.8 Å². The second kappa shape index (κ2) is 8.44. The summed E-state index contributed by atoms with van der Waals surface area (Å²) in [6.07, 6.45) is -9.10. The van der Waals surface area contributed by atoms with Gasteiger partial charge in [-0.15, -0.1) is 0 Å². The molecular formula is C22H19F6NO4. The van der Waals surface area contributed by atoms with E-state index in [1.54, 1.807) is 18.2 Å². The van der Waals surface area contributed by atoms with Crippen molar-refractivity contribution in [1.82, 2.24) is 5.32 Å². The van der Waals surface area contributed by atoms with Crippen LogP contribution in [-0.4, -0.2) is 32.5 Å². The molecule has 2 aromatic rings. The molecule has 0 bridgehead atoms. The molecule has 0 spiro atoms. The molecule has 2 aliphatic heterocycles. The summed E-state index contributed by atoms with van der Waals surface area (Å²) in [6.45, 7) is 0.827. The van der Waals surface area contributed by atoms with Crippen molar-refractivity contribution >= 4 is 5.91 Å². The second-order valence-electron chi connectivity index (χ2n) is 7.94. The molecule has 0 saturated carbocycles. The van der Waals surface area contributed by atoms with Gasteiger partial charge in [-0.1, -0.05) is 6.07 Å². The van der Waals surface area contributed by atoms with Crippen molar-refractivity contribution in [2.24, 2.45) is 0 Å². The Kier molecular flexibility index (Phi) is 5.94. The highest BCUT2D eigenvalue weighted by atomic mass is 19.4. The molecule has 1 saturated heterocycles. The van der Waals surface area contributed by atoms with Crippen LogP contribution in [0.25, 0.3) is 0 Å². The van der Waals surface area contributed by atoms with Crippen molar-refractivity contribution in [3.63, 3.8) is 0 Å². The van der Waals surface area contributed by atoms with Crippen LogP contribution in [0, 0.1) is 0 Å². The number of hydrogen-bond acceptors (Lipinski definition) is 4. The Bertz CT molecular complexity index is 1010. The molecule has 1 N–H and O–H groups in total. The normalized spacial score (nSPS) is 17.6. The summed E-state index contributed by atoms with van der Waals surface area (Å²) < 4.78 is 94.9. The van der Waals surface area contributed by atoms with Crippen molar-refractivity contribution in [1.29, 1.82) is 0 Å². The Morgan fingerprint density at radius 3 is 2.09 bits per heavy atom. The van der Waals surface area contributed by atoms with Gasteiger partial charge in [-0.2, -0.15) is 26.3 Å². The molecule has 11 heteroatoms. The first-order valence-corrected chi connectivity index (χ1v) is 10.0. The van der Waals surface area contributed by atoms with Gasteiger partial charge in [0.25, 0.3) is 5.91 Å². The molecule has 1 fully saturated rings. The minimum absolute atomic E-state index is 0.00751. The number of rotatable bonds is 4. The Hall–Kier alpha value is -2.95. The SMILES string of the molecule is O=C(NCC1(c2ccc3c(c2)OCO3)CCOCC1)c1cc(C(F)(F)F)cc(C(F)(F)F)c1. The van der Waals surface area contributed by atoms with E-state index in [0.717, 1.165) is 5.56 Å². The average molecular weight is 475 g/mol. The first kappa shape index (κ1) is 23.2. The van der Waals surface area contributed by atoms with Crippen LogP contribution in [0.2, 0.25) is 0 Å². The monoisotopic (exact) mass is 475 g/mol. The van der Waals surface area contributed by atoms with Crippen molar-refractivity contribution < 1.29 is 45.3 Å². The second-order valence-corrected chi connectivity index (χ2v) is 7.94. The molecule has 0 atom stereocenters. The lowest BCUT2D eigenvalue weighted by Crippen LogP contribution is -2.44. The molecule has 4 rings (SSSR count). The van der Waals surface area contributed by atoms with Gasteiger partial charge in [0, 0.05) is 30.7 Å². The third-order valence-corrected chi connectivity index (χ3v) is 5.87. The lowest BCUT2D eigenvalue weighted by atomic mass is 9.74. The Morgan fingerprint density at radius 2 is 1.48 bits per heavy atom. The fraction of sp³-hybridized carbons (Fsp3) is 0.409. The molecule has 2 aliphatic rings. The minimum atomic E-state index is -5.04. The third kappa shape index (κ3) is 4.87. The molecule has 0 unspecified atom stereocenters. The molecule has 0 aromatic heterocycles. The lowest BCUT2D eigenvalue weighted by molar-refractivity contribution is -0.143. The number of fused-ring (bicyclic) bond motifs is 1. The number of benzene rings is 2. The zero-order valence-electron chi connectivity index (χ0n) is 17.1. The quantitative estimate of drug-likeness (QED) is 0.638. The maximum atomic E-state index is 13.1. The van der Waals surface area contributed by atoms with E-state index >= 15 is 0 Å². The zero-order chi connectivity index (χ0) is 23.9. The Morgan fingerprint density at radius 1 is 0.879 bits per heavy atom. The Balaban J connectivity index is 1.61. The van der Waals surface area contributed by atoms with E-state index in [2.05, 4.69) is 5.32 Å². The van der Waals surface area contributed by atoms with E-state index in [1.807, 2.05) is 0 Å². The lowest BCUT2D eigenvalue weighted by Gasteiger charge is -2.38. The number of carbonyl (C=O) groups excluding carboxylic acids is 1. The van der Waals surface area contributed by atoms with E-state index in [1.165, 1.54) is 0 Å². The van der Waals surface area contributed by atoms with Crippen LogP contribution in [0.15, 0.2) is 36.4 Å². The van der Waals surface area contributed by atoms with Crippen LogP contribution in [0.4, 0.5) is 26.3 Å². The molecule has 33 heavy (non-hydrogen) atoms. The standard InChI is InChI=1S/C22H19F6NO4/c23-21(24,25)15-7-13(8-16(9-15)22(26,27)28)19(30)29-11-20(3-5-31-6-4-20)14-1-2-17-18(10-14)33-12-32-17/h1-2,7-10H,3-6,11-12H2,(H,29,30). The third-order valence-electron chi connectivity index (χ3n) is 5.87. The fourth-order valence-electron chi connectivity index (χ4n) is 3.99. The summed E-state index contributed by atoms with van der Waals surface area (Å²) >= 11 is 0. The van der Waals surface area contributed by atoms with E-state index in [4.69, 9.17) is 14.2 Å². The summed E-state index contributed by atoms with van der Waals surface area (Å²) in [5, 5.41) is 2.53. The number of ether oxygens (including phenoxy) is 3. The largest absolute Gasteiger partial charge is 0.454 e. The predicted octanol–water partition coefficient (Wildman–Crippen LogP) is 4.93. The summed E-state index contributed by atoms with van der Waals surface area (Å²) in [5.41, 5.74) is -3.64. The summed E-state index contributed by atoms with van der Waals surface area (Å²) in [6, 6.07) is 6.12. The maximum absolute atomic E-state index is 13.1. The van der Waals surface area contributed by atoms with Crippen LogP contribution in [0.5, 0.6) is 11.5 Å². The smallest absolute Gasteiger partial charge is 0.416 e. The van der Waals surface area contributed by atoms with Crippen LogP contribution in [-0.2, 0) is 22.5 Å². The fourth-order valence-corrected chi connectivity index (χ4v) is 3.99. The molecular weight excluding hydrogens is 456 g/mol. The van der Waals surface area contributed by atoms with Crippen LogP contribution >= 0.6 is 0 Å². The predicted molar refractivity (Wildman–Crippen MR) is 103 cm³/mol. The van der Waals surface area contributed by atoms with Gasteiger partial charge in [-0.25, -0.2) is 0 Å². The molecule has 1 amide bonds. The number of nitrogens with one attached hydrogen (secondary N) is 1. The van der Waals surface area contributed by atoms with Crippen molar-refractivity contribution in [3.8, 4) is 11.5 Å².